The lowest BCUT2D eigenvalue weighted by atomic mass is 10.3. The van der Waals surface area contributed by atoms with Crippen LogP contribution in [0.15, 0.2) is 15.9 Å². The molecule has 0 amide bonds. The molecule has 6 nitrogen and oxygen atoms in total. The smallest absolute Gasteiger partial charge is 0.282 e. The molecule has 0 saturated carbocycles. The van der Waals surface area contributed by atoms with Crippen molar-refractivity contribution in [1.29, 1.82) is 0 Å². The highest BCUT2D eigenvalue weighted by atomic mass is 35.5. The van der Waals surface area contributed by atoms with Gasteiger partial charge in [0.05, 0.1) is 15.1 Å². The average molecular weight is 342 g/mol. The molecule has 1 aromatic carbocycles. The maximum absolute atomic E-state index is 10.9. The number of rotatable bonds is 2. The standard InChI is InChI=1S/C6H3Cl3O6S2/c7-4-2(16(10,11)12)1-3(17(13,14)15)5(8)6(4)9/h1H,(H,10,11,12)(H,13,14,15). The molecule has 96 valence electrons. The minimum Gasteiger partial charge on any atom is -0.282 e. The Morgan fingerprint density at radius 1 is 0.765 bits per heavy atom. The highest BCUT2D eigenvalue weighted by Gasteiger charge is 2.26. The number of halogens is 3. The topological polar surface area (TPSA) is 109 Å². The quantitative estimate of drug-likeness (QED) is 0.630. The average Bonchev–Trinajstić information content (AvgIpc) is 2.10. The van der Waals surface area contributed by atoms with Gasteiger partial charge in [-0.25, -0.2) is 0 Å². The Morgan fingerprint density at radius 2 is 1.06 bits per heavy atom. The maximum Gasteiger partial charge on any atom is 0.296 e. The van der Waals surface area contributed by atoms with Crippen LogP contribution in [0, 0.1) is 0 Å². The number of hydrogen-bond donors (Lipinski definition) is 2. The summed E-state index contributed by atoms with van der Waals surface area (Å²) in [7, 11) is -9.61. The molecule has 0 unspecified atom stereocenters. The molecule has 0 fully saturated rings. The lowest BCUT2D eigenvalue weighted by Crippen LogP contribution is -2.05. The third-order valence-electron chi connectivity index (χ3n) is 1.64. The minimum atomic E-state index is -4.81. The molecular weight excluding hydrogens is 339 g/mol. The highest BCUT2D eigenvalue weighted by molar-refractivity contribution is 7.86. The predicted molar refractivity (Wildman–Crippen MR) is 61.1 cm³/mol. The van der Waals surface area contributed by atoms with Gasteiger partial charge in [0.15, 0.2) is 0 Å². The van der Waals surface area contributed by atoms with Crippen LogP contribution in [0.2, 0.25) is 15.1 Å². The van der Waals surface area contributed by atoms with Crippen molar-refractivity contribution in [3.8, 4) is 0 Å². The van der Waals surface area contributed by atoms with Crippen molar-refractivity contribution in [2.75, 3.05) is 0 Å². The zero-order valence-electron chi connectivity index (χ0n) is 7.56. The summed E-state index contributed by atoms with van der Waals surface area (Å²) >= 11 is 16.4. The van der Waals surface area contributed by atoms with E-state index in [0.29, 0.717) is 6.07 Å². The molecule has 0 aliphatic carbocycles. The second kappa shape index (κ2) is 4.54. The van der Waals surface area contributed by atoms with Crippen molar-refractivity contribution >= 4 is 55.0 Å². The fourth-order valence-corrected chi connectivity index (χ4v) is 3.45. The molecule has 0 spiro atoms. The Morgan fingerprint density at radius 3 is 1.29 bits per heavy atom. The van der Waals surface area contributed by atoms with Gasteiger partial charge in [-0.15, -0.1) is 0 Å². The summed E-state index contributed by atoms with van der Waals surface area (Å²) < 4.78 is 61.1. The van der Waals surface area contributed by atoms with Gasteiger partial charge in [0.1, 0.15) is 9.79 Å². The van der Waals surface area contributed by atoms with Gasteiger partial charge >= 0.3 is 0 Å². The highest BCUT2D eigenvalue weighted by Crippen LogP contribution is 2.39. The van der Waals surface area contributed by atoms with Gasteiger partial charge in [0, 0.05) is 0 Å². The fraction of sp³-hybridized carbons (Fsp3) is 0. The van der Waals surface area contributed by atoms with Crippen LogP contribution in [-0.4, -0.2) is 25.9 Å². The zero-order valence-corrected chi connectivity index (χ0v) is 11.5. The van der Waals surface area contributed by atoms with Crippen molar-refractivity contribution in [3.05, 3.63) is 21.1 Å². The molecular formula is C6H3Cl3O6S2. The van der Waals surface area contributed by atoms with E-state index < -0.39 is 45.1 Å². The van der Waals surface area contributed by atoms with Gasteiger partial charge < -0.3 is 0 Å². The van der Waals surface area contributed by atoms with Gasteiger partial charge in [-0.1, -0.05) is 34.8 Å². The van der Waals surface area contributed by atoms with Crippen LogP contribution < -0.4 is 0 Å². The zero-order chi connectivity index (χ0) is 13.6. The van der Waals surface area contributed by atoms with Crippen molar-refractivity contribution in [2.45, 2.75) is 9.79 Å². The molecule has 11 heteroatoms. The van der Waals surface area contributed by atoms with Gasteiger partial charge in [0.2, 0.25) is 0 Å². The Kier molecular flexibility index (Phi) is 4.00. The third-order valence-corrected chi connectivity index (χ3v) is 4.97. The summed E-state index contributed by atoms with van der Waals surface area (Å²) in [5.74, 6) is 0. The first kappa shape index (κ1) is 15.0. The molecule has 0 aliphatic heterocycles. The summed E-state index contributed by atoms with van der Waals surface area (Å²) in [6.07, 6.45) is 0. The van der Waals surface area contributed by atoms with Crippen LogP contribution in [0.1, 0.15) is 0 Å². The molecule has 0 atom stereocenters. The van der Waals surface area contributed by atoms with E-state index in [0.717, 1.165) is 0 Å². The molecule has 1 aromatic rings. The van der Waals surface area contributed by atoms with E-state index >= 15 is 0 Å². The maximum atomic E-state index is 10.9. The monoisotopic (exact) mass is 340 g/mol. The summed E-state index contributed by atoms with van der Waals surface area (Å²) in [4.78, 5) is -1.94. The van der Waals surface area contributed by atoms with Crippen LogP contribution in [0.5, 0.6) is 0 Å². The SMILES string of the molecule is O=S(=O)(O)c1cc(S(=O)(=O)O)c(Cl)c(Cl)c1Cl. The van der Waals surface area contributed by atoms with Crippen LogP contribution in [-0.2, 0) is 20.2 Å². The van der Waals surface area contributed by atoms with Crippen LogP contribution in [0.3, 0.4) is 0 Å². The predicted octanol–water partition coefficient (Wildman–Crippen LogP) is 2.14. The Labute approximate surface area is 112 Å². The van der Waals surface area contributed by atoms with Crippen LogP contribution in [0.25, 0.3) is 0 Å². The van der Waals surface area contributed by atoms with E-state index in [1.54, 1.807) is 0 Å². The fourth-order valence-electron chi connectivity index (χ4n) is 0.934. The molecule has 0 aliphatic rings. The van der Waals surface area contributed by atoms with E-state index in [9.17, 15) is 16.8 Å². The Balaban J connectivity index is 3.88. The number of hydrogen-bond acceptors (Lipinski definition) is 4. The first-order chi connectivity index (χ1) is 7.46. The summed E-state index contributed by atoms with van der Waals surface area (Å²) in [6.45, 7) is 0. The molecule has 17 heavy (non-hydrogen) atoms. The van der Waals surface area contributed by atoms with Gasteiger partial charge in [-0.05, 0) is 6.07 Å². The molecule has 0 saturated heterocycles. The van der Waals surface area contributed by atoms with E-state index in [4.69, 9.17) is 43.9 Å². The summed E-state index contributed by atoms with van der Waals surface area (Å²) in [5.41, 5.74) is 0. The second-order valence-corrected chi connectivity index (χ2v) is 6.68. The lowest BCUT2D eigenvalue weighted by Gasteiger charge is -2.08. The number of benzene rings is 1. The molecule has 2 N–H and O–H groups in total. The van der Waals surface area contributed by atoms with E-state index in [1.165, 1.54) is 0 Å². The van der Waals surface area contributed by atoms with Crippen molar-refractivity contribution < 1.29 is 25.9 Å². The van der Waals surface area contributed by atoms with Gasteiger partial charge in [0.25, 0.3) is 20.2 Å². The van der Waals surface area contributed by atoms with Crippen molar-refractivity contribution in [3.63, 3.8) is 0 Å². The van der Waals surface area contributed by atoms with Gasteiger partial charge in [-0.2, -0.15) is 16.8 Å². The third kappa shape index (κ3) is 3.02. The molecule has 0 bridgehead atoms. The van der Waals surface area contributed by atoms with Crippen molar-refractivity contribution in [1.82, 2.24) is 0 Å². The van der Waals surface area contributed by atoms with Crippen molar-refractivity contribution in [2.24, 2.45) is 0 Å². The van der Waals surface area contributed by atoms with E-state index in [-0.39, 0.29) is 0 Å². The second-order valence-electron chi connectivity index (χ2n) is 2.76. The van der Waals surface area contributed by atoms with E-state index in [2.05, 4.69) is 0 Å². The van der Waals surface area contributed by atoms with E-state index in [1.807, 2.05) is 0 Å². The lowest BCUT2D eigenvalue weighted by molar-refractivity contribution is 0.481. The Hall–Kier alpha value is -0.0900. The minimum absolute atomic E-state index is 0.404. The van der Waals surface area contributed by atoms with Crippen LogP contribution >= 0.6 is 34.8 Å². The molecule has 0 heterocycles. The molecule has 0 radical (unpaired) electrons. The normalized spacial score (nSPS) is 12.8. The van der Waals surface area contributed by atoms with Gasteiger partial charge in [-0.3, -0.25) is 9.11 Å². The first-order valence-corrected chi connectivity index (χ1v) is 7.60. The van der Waals surface area contributed by atoms with Crippen LogP contribution in [0.4, 0.5) is 0 Å². The summed E-state index contributed by atoms with van der Waals surface area (Å²) in [6, 6.07) is 0.404. The largest absolute Gasteiger partial charge is 0.296 e. The Bertz CT molecular complexity index is 622. The summed E-state index contributed by atoms with van der Waals surface area (Å²) in [5, 5.41) is -1.91. The first-order valence-electron chi connectivity index (χ1n) is 3.58. The molecule has 0 aromatic heterocycles. The molecule has 1 rings (SSSR count).